The summed E-state index contributed by atoms with van der Waals surface area (Å²) < 4.78 is 0. The lowest BCUT2D eigenvalue weighted by Crippen LogP contribution is -2.05. The summed E-state index contributed by atoms with van der Waals surface area (Å²) in [5, 5.41) is 0. The Morgan fingerprint density at radius 1 is 1.82 bits per heavy atom. The van der Waals surface area contributed by atoms with Gasteiger partial charge >= 0.3 is 0 Å². The maximum absolute atomic E-state index is 4.21. The van der Waals surface area contributed by atoms with Crippen molar-refractivity contribution in [3.8, 4) is 0 Å². The van der Waals surface area contributed by atoms with E-state index in [1.54, 1.807) is 6.21 Å². The van der Waals surface area contributed by atoms with Crippen LogP contribution in [0.4, 0.5) is 0 Å². The summed E-state index contributed by atoms with van der Waals surface area (Å²) in [6.45, 7) is 5.88. The molecule has 0 spiro atoms. The summed E-state index contributed by atoms with van der Waals surface area (Å²) in [7, 11) is 0. The Labute approximate surface area is 67.1 Å². The highest BCUT2D eigenvalue weighted by Gasteiger charge is 2.05. The van der Waals surface area contributed by atoms with Crippen LogP contribution in [0.3, 0.4) is 0 Å². The highest BCUT2D eigenvalue weighted by Crippen LogP contribution is 2.10. The Balaban J connectivity index is 2.59. The molecule has 1 aliphatic heterocycles. The fourth-order valence-electron chi connectivity index (χ4n) is 0.819. The predicted molar refractivity (Wildman–Crippen MR) is 49.3 cm³/mol. The van der Waals surface area contributed by atoms with Gasteiger partial charge in [0.2, 0.25) is 0 Å². The van der Waals surface area contributed by atoms with Gasteiger partial charge in [0, 0.05) is 12.4 Å². The largest absolute Gasteiger partial charge is 0.266 e. The molecule has 0 aromatic heterocycles. The third-order valence-corrected chi connectivity index (χ3v) is 1.38. The van der Waals surface area contributed by atoms with Gasteiger partial charge in [-0.05, 0) is 18.1 Å². The van der Waals surface area contributed by atoms with Crippen molar-refractivity contribution in [2.24, 2.45) is 9.98 Å². The number of nitrogens with zero attached hydrogens (tertiary/aromatic N) is 2. The molecule has 0 amide bonds. The second-order valence-electron chi connectivity index (χ2n) is 2.35. The fourth-order valence-corrected chi connectivity index (χ4v) is 0.819. The van der Waals surface area contributed by atoms with E-state index in [1.807, 2.05) is 18.4 Å². The third-order valence-electron chi connectivity index (χ3n) is 1.38. The van der Waals surface area contributed by atoms with Crippen LogP contribution in [0.15, 0.2) is 34.3 Å². The first-order chi connectivity index (χ1) is 5.34. The maximum Gasteiger partial charge on any atom is 0.164 e. The molecule has 0 bridgehead atoms. The third kappa shape index (κ3) is 2.15. The topological polar surface area (TPSA) is 24.7 Å². The molecule has 1 unspecified atom stereocenters. The number of dihydropyridines is 1. The summed E-state index contributed by atoms with van der Waals surface area (Å²) in [6.07, 6.45) is 8.31. The first-order valence-corrected chi connectivity index (χ1v) is 3.75. The minimum Gasteiger partial charge on any atom is -0.266 e. The molecular weight excluding hydrogens is 136 g/mol. The summed E-state index contributed by atoms with van der Waals surface area (Å²) in [4.78, 5) is 8.35. The SMILES string of the molecule is C=C1C=CC=NC1N=CCC. The highest BCUT2D eigenvalue weighted by atomic mass is 15.0. The molecule has 1 atom stereocenters. The van der Waals surface area contributed by atoms with Crippen LogP contribution in [-0.4, -0.2) is 18.6 Å². The van der Waals surface area contributed by atoms with E-state index in [1.165, 1.54) is 0 Å². The van der Waals surface area contributed by atoms with Gasteiger partial charge in [0.25, 0.3) is 0 Å². The molecule has 0 saturated heterocycles. The Bertz CT molecular complexity index is 224. The van der Waals surface area contributed by atoms with Crippen LogP contribution in [-0.2, 0) is 0 Å². The molecule has 0 saturated carbocycles. The van der Waals surface area contributed by atoms with Crippen molar-refractivity contribution in [1.82, 2.24) is 0 Å². The zero-order valence-corrected chi connectivity index (χ0v) is 6.70. The van der Waals surface area contributed by atoms with E-state index in [9.17, 15) is 0 Å². The van der Waals surface area contributed by atoms with Crippen LogP contribution in [0.5, 0.6) is 0 Å². The Hall–Kier alpha value is -1.18. The molecular formula is C9H12N2. The summed E-state index contributed by atoms with van der Waals surface area (Å²) in [5.41, 5.74) is 0.956. The number of aliphatic imine (C=N–C) groups is 2. The average molecular weight is 148 g/mol. The molecule has 0 radical (unpaired) electrons. The van der Waals surface area contributed by atoms with Gasteiger partial charge < -0.3 is 0 Å². The molecule has 2 heteroatoms. The lowest BCUT2D eigenvalue weighted by molar-refractivity contribution is 0.846. The zero-order chi connectivity index (χ0) is 8.10. The van der Waals surface area contributed by atoms with E-state index in [-0.39, 0.29) is 6.17 Å². The highest BCUT2D eigenvalue weighted by molar-refractivity contribution is 5.74. The normalized spacial score (nSPS) is 23.4. The van der Waals surface area contributed by atoms with Crippen LogP contribution in [0.1, 0.15) is 13.3 Å². The standard InChI is InChI=1S/C9H12N2/c1-3-6-10-9-8(2)5-4-7-11-9/h4-7,9H,2-3H2,1H3. The summed E-state index contributed by atoms with van der Waals surface area (Å²) in [5.74, 6) is 0. The van der Waals surface area contributed by atoms with Crippen LogP contribution < -0.4 is 0 Å². The Morgan fingerprint density at radius 2 is 2.64 bits per heavy atom. The van der Waals surface area contributed by atoms with Gasteiger partial charge in [-0.1, -0.05) is 19.6 Å². The molecule has 2 nitrogen and oxygen atoms in total. The molecule has 0 aromatic rings. The van der Waals surface area contributed by atoms with Crippen LogP contribution in [0.2, 0.25) is 0 Å². The second kappa shape index (κ2) is 3.86. The zero-order valence-electron chi connectivity index (χ0n) is 6.70. The minimum absolute atomic E-state index is 0.0695. The van der Waals surface area contributed by atoms with Gasteiger partial charge in [-0.2, -0.15) is 0 Å². The van der Waals surface area contributed by atoms with Crippen molar-refractivity contribution in [1.29, 1.82) is 0 Å². The molecule has 11 heavy (non-hydrogen) atoms. The van der Waals surface area contributed by atoms with Gasteiger partial charge in [0.1, 0.15) is 0 Å². The van der Waals surface area contributed by atoms with Crippen LogP contribution in [0, 0.1) is 0 Å². The van der Waals surface area contributed by atoms with Crippen molar-refractivity contribution in [2.75, 3.05) is 0 Å². The van der Waals surface area contributed by atoms with E-state index in [2.05, 4.69) is 23.5 Å². The molecule has 58 valence electrons. The number of hydrogen-bond donors (Lipinski definition) is 0. The Kier molecular flexibility index (Phi) is 2.78. The lowest BCUT2D eigenvalue weighted by atomic mass is 10.2. The number of allylic oxidation sites excluding steroid dienone is 1. The smallest absolute Gasteiger partial charge is 0.164 e. The summed E-state index contributed by atoms with van der Waals surface area (Å²) in [6, 6.07) is 0. The van der Waals surface area contributed by atoms with Crippen molar-refractivity contribution in [3.05, 3.63) is 24.3 Å². The van der Waals surface area contributed by atoms with Crippen molar-refractivity contribution in [2.45, 2.75) is 19.5 Å². The lowest BCUT2D eigenvalue weighted by Gasteiger charge is -2.08. The van der Waals surface area contributed by atoms with Gasteiger partial charge in [-0.15, -0.1) is 0 Å². The first kappa shape index (κ1) is 7.92. The molecule has 0 aromatic carbocycles. The van der Waals surface area contributed by atoms with Crippen molar-refractivity contribution < 1.29 is 0 Å². The summed E-state index contributed by atoms with van der Waals surface area (Å²) >= 11 is 0. The number of rotatable bonds is 2. The Morgan fingerprint density at radius 3 is 3.27 bits per heavy atom. The fraction of sp³-hybridized carbons (Fsp3) is 0.333. The van der Waals surface area contributed by atoms with Crippen LogP contribution >= 0.6 is 0 Å². The molecule has 0 fully saturated rings. The van der Waals surface area contributed by atoms with Crippen molar-refractivity contribution in [3.63, 3.8) is 0 Å². The monoisotopic (exact) mass is 148 g/mol. The molecule has 0 aliphatic carbocycles. The molecule has 1 rings (SSSR count). The quantitative estimate of drug-likeness (QED) is 0.535. The van der Waals surface area contributed by atoms with Crippen LogP contribution in [0.25, 0.3) is 0 Å². The van der Waals surface area contributed by atoms with Gasteiger partial charge in [-0.25, -0.2) is 0 Å². The van der Waals surface area contributed by atoms with E-state index in [0.29, 0.717) is 0 Å². The first-order valence-electron chi connectivity index (χ1n) is 3.75. The second-order valence-corrected chi connectivity index (χ2v) is 2.35. The maximum atomic E-state index is 4.21. The molecule has 1 heterocycles. The van der Waals surface area contributed by atoms with E-state index in [4.69, 9.17) is 0 Å². The molecule has 1 aliphatic rings. The van der Waals surface area contributed by atoms with E-state index in [0.717, 1.165) is 12.0 Å². The van der Waals surface area contributed by atoms with Gasteiger partial charge in [-0.3, -0.25) is 9.98 Å². The molecule has 0 N–H and O–H groups in total. The minimum atomic E-state index is -0.0695. The average Bonchev–Trinajstić information content (AvgIpc) is 2.03. The van der Waals surface area contributed by atoms with Gasteiger partial charge in [0.15, 0.2) is 6.17 Å². The van der Waals surface area contributed by atoms with E-state index < -0.39 is 0 Å². The van der Waals surface area contributed by atoms with E-state index >= 15 is 0 Å². The van der Waals surface area contributed by atoms with Crippen molar-refractivity contribution >= 4 is 12.4 Å². The predicted octanol–water partition coefficient (Wildman–Crippen LogP) is 1.99. The number of hydrogen-bond acceptors (Lipinski definition) is 2. The van der Waals surface area contributed by atoms with Gasteiger partial charge in [0.05, 0.1) is 0 Å².